The van der Waals surface area contributed by atoms with Crippen LogP contribution in [0.25, 0.3) is 0 Å². The van der Waals surface area contributed by atoms with Gasteiger partial charge in [-0.2, -0.15) is 0 Å². The standard InChI is InChI=1S/C17H24BrNO2/c1-13(2)21-16-8-5-6-14(12-16)17(20)19-11-4-3-7-15(19)9-10-18/h5-6,8,12-13,15H,3-4,7,9-11H2,1-2H3. The minimum Gasteiger partial charge on any atom is -0.491 e. The van der Waals surface area contributed by atoms with Crippen molar-refractivity contribution in [2.45, 2.75) is 51.7 Å². The van der Waals surface area contributed by atoms with Gasteiger partial charge in [0.2, 0.25) is 0 Å². The highest BCUT2D eigenvalue weighted by Gasteiger charge is 2.27. The lowest BCUT2D eigenvalue weighted by Gasteiger charge is -2.35. The van der Waals surface area contributed by atoms with Crippen LogP contribution in [0.4, 0.5) is 0 Å². The first-order chi connectivity index (χ1) is 10.1. The highest BCUT2D eigenvalue weighted by Crippen LogP contribution is 2.24. The van der Waals surface area contributed by atoms with Crippen LogP contribution in [0.2, 0.25) is 0 Å². The van der Waals surface area contributed by atoms with Gasteiger partial charge in [-0.25, -0.2) is 0 Å². The number of ether oxygens (including phenoxy) is 1. The van der Waals surface area contributed by atoms with Gasteiger partial charge in [0.1, 0.15) is 5.75 Å². The van der Waals surface area contributed by atoms with E-state index in [0.717, 1.165) is 42.5 Å². The summed E-state index contributed by atoms with van der Waals surface area (Å²) in [4.78, 5) is 14.8. The van der Waals surface area contributed by atoms with E-state index in [1.54, 1.807) is 0 Å². The summed E-state index contributed by atoms with van der Waals surface area (Å²) in [6, 6.07) is 7.91. The van der Waals surface area contributed by atoms with E-state index >= 15 is 0 Å². The fraction of sp³-hybridized carbons (Fsp3) is 0.588. The third-order valence-corrected chi connectivity index (χ3v) is 4.24. The highest BCUT2D eigenvalue weighted by molar-refractivity contribution is 9.09. The molecule has 1 aliphatic heterocycles. The molecule has 0 radical (unpaired) electrons. The van der Waals surface area contributed by atoms with Crippen molar-refractivity contribution in [1.82, 2.24) is 4.90 Å². The summed E-state index contributed by atoms with van der Waals surface area (Å²) in [7, 11) is 0. The van der Waals surface area contributed by atoms with Crippen molar-refractivity contribution < 1.29 is 9.53 Å². The Morgan fingerprint density at radius 1 is 1.43 bits per heavy atom. The number of likely N-dealkylation sites (tertiary alicyclic amines) is 1. The fourth-order valence-electron chi connectivity index (χ4n) is 2.83. The van der Waals surface area contributed by atoms with Crippen LogP contribution < -0.4 is 4.74 Å². The number of amides is 1. The molecule has 0 aromatic heterocycles. The van der Waals surface area contributed by atoms with Crippen LogP contribution in [0.5, 0.6) is 5.75 Å². The molecular formula is C17H24BrNO2. The van der Waals surface area contributed by atoms with E-state index < -0.39 is 0 Å². The zero-order valence-corrected chi connectivity index (χ0v) is 14.4. The van der Waals surface area contributed by atoms with Gasteiger partial charge >= 0.3 is 0 Å². The minimum atomic E-state index is 0.117. The van der Waals surface area contributed by atoms with Crippen LogP contribution >= 0.6 is 15.9 Å². The normalized spacial score (nSPS) is 18.9. The SMILES string of the molecule is CC(C)Oc1cccc(C(=O)N2CCCCC2CCBr)c1. The first kappa shape index (κ1) is 16.3. The van der Waals surface area contributed by atoms with Gasteiger partial charge in [-0.05, 0) is 57.7 Å². The Bertz CT molecular complexity index is 474. The largest absolute Gasteiger partial charge is 0.491 e. The van der Waals surface area contributed by atoms with E-state index in [0.29, 0.717) is 6.04 Å². The van der Waals surface area contributed by atoms with Crippen molar-refractivity contribution in [2.24, 2.45) is 0 Å². The Hall–Kier alpha value is -1.03. The van der Waals surface area contributed by atoms with Crippen molar-refractivity contribution in [3.8, 4) is 5.75 Å². The quantitative estimate of drug-likeness (QED) is 0.740. The number of halogens is 1. The van der Waals surface area contributed by atoms with Gasteiger partial charge in [0.25, 0.3) is 5.91 Å². The maximum atomic E-state index is 12.8. The molecule has 1 amide bonds. The second-order valence-corrected chi connectivity index (χ2v) is 6.61. The number of rotatable bonds is 5. The van der Waals surface area contributed by atoms with Crippen molar-refractivity contribution in [3.05, 3.63) is 29.8 Å². The maximum absolute atomic E-state index is 12.8. The van der Waals surface area contributed by atoms with Crippen LogP contribution in [0, 0.1) is 0 Å². The number of carbonyl (C=O) groups is 1. The monoisotopic (exact) mass is 353 g/mol. The van der Waals surface area contributed by atoms with Crippen molar-refractivity contribution in [1.29, 1.82) is 0 Å². The third kappa shape index (κ3) is 4.47. The van der Waals surface area contributed by atoms with E-state index in [9.17, 15) is 4.79 Å². The summed E-state index contributed by atoms with van der Waals surface area (Å²) in [5, 5.41) is 0.942. The van der Waals surface area contributed by atoms with Gasteiger partial charge in [0.15, 0.2) is 0 Å². The van der Waals surface area contributed by atoms with Crippen LogP contribution in [0.1, 0.15) is 49.9 Å². The summed E-state index contributed by atoms with van der Waals surface area (Å²) in [6.07, 6.45) is 4.57. The highest BCUT2D eigenvalue weighted by atomic mass is 79.9. The zero-order chi connectivity index (χ0) is 15.2. The van der Waals surface area contributed by atoms with Crippen LogP contribution in [0.3, 0.4) is 0 Å². The smallest absolute Gasteiger partial charge is 0.254 e. The molecule has 1 aliphatic rings. The van der Waals surface area contributed by atoms with Gasteiger partial charge in [0.05, 0.1) is 6.10 Å². The molecule has 21 heavy (non-hydrogen) atoms. The lowest BCUT2D eigenvalue weighted by molar-refractivity contribution is 0.0609. The van der Waals surface area contributed by atoms with Crippen LogP contribution in [0.15, 0.2) is 24.3 Å². The molecule has 1 atom stereocenters. The molecule has 116 valence electrons. The second-order valence-electron chi connectivity index (χ2n) is 5.82. The van der Waals surface area contributed by atoms with Gasteiger partial charge in [-0.3, -0.25) is 4.79 Å². The van der Waals surface area contributed by atoms with Gasteiger partial charge < -0.3 is 9.64 Å². The zero-order valence-electron chi connectivity index (χ0n) is 12.8. The third-order valence-electron chi connectivity index (χ3n) is 3.78. The predicted octanol–water partition coefficient (Wildman–Crippen LogP) is 4.25. The molecule has 1 saturated heterocycles. The molecule has 1 fully saturated rings. The van der Waals surface area contributed by atoms with E-state index in [4.69, 9.17) is 4.74 Å². The molecule has 0 spiro atoms. The Balaban J connectivity index is 2.14. The minimum absolute atomic E-state index is 0.117. The first-order valence-electron chi connectivity index (χ1n) is 7.75. The molecule has 0 bridgehead atoms. The molecule has 0 N–H and O–H groups in total. The van der Waals surface area contributed by atoms with E-state index in [2.05, 4.69) is 15.9 Å². The number of alkyl halides is 1. The first-order valence-corrected chi connectivity index (χ1v) is 8.87. The topological polar surface area (TPSA) is 29.5 Å². The Kier molecular flexibility index (Phi) is 6.09. The molecule has 4 heteroatoms. The molecule has 0 aliphatic carbocycles. The fourth-order valence-corrected chi connectivity index (χ4v) is 3.36. The number of carbonyl (C=O) groups excluding carboxylic acids is 1. The summed E-state index contributed by atoms with van der Waals surface area (Å²) < 4.78 is 5.69. The summed E-state index contributed by atoms with van der Waals surface area (Å²) in [5.74, 6) is 0.903. The van der Waals surface area contributed by atoms with Gasteiger partial charge in [-0.1, -0.05) is 22.0 Å². The molecular weight excluding hydrogens is 330 g/mol. The second kappa shape index (κ2) is 7.83. The summed E-state index contributed by atoms with van der Waals surface area (Å²) >= 11 is 3.50. The number of hydrogen-bond acceptors (Lipinski definition) is 2. The number of benzene rings is 1. The molecule has 1 unspecified atom stereocenters. The van der Waals surface area contributed by atoms with Crippen molar-refractivity contribution in [3.63, 3.8) is 0 Å². The van der Waals surface area contributed by atoms with Crippen molar-refractivity contribution in [2.75, 3.05) is 11.9 Å². The molecule has 1 aromatic rings. The number of piperidine rings is 1. The van der Waals surface area contributed by atoms with Gasteiger partial charge in [-0.15, -0.1) is 0 Å². The molecule has 2 rings (SSSR count). The lowest BCUT2D eigenvalue weighted by atomic mass is 9.99. The lowest BCUT2D eigenvalue weighted by Crippen LogP contribution is -2.43. The van der Waals surface area contributed by atoms with E-state index in [1.165, 1.54) is 6.42 Å². The molecule has 3 nitrogen and oxygen atoms in total. The van der Waals surface area contributed by atoms with Crippen molar-refractivity contribution >= 4 is 21.8 Å². The molecule has 1 aromatic carbocycles. The summed E-state index contributed by atoms with van der Waals surface area (Å²) in [6.45, 7) is 4.85. The maximum Gasteiger partial charge on any atom is 0.254 e. The molecule has 1 heterocycles. The summed E-state index contributed by atoms with van der Waals surface area (Å²) in [5.41, 5.74) is 0.731. The van der Waals surface area contributed by atoms with Crippen LogP contribution in [-0.4, -0.2) is 34.8 Å². The number of hydrogen-bond donors (Lipinski definition) is 0. The van der Waals surface area contributed by atoms with E-state index in [-0.39, 0.29) is 12.0 Å². The average molecular weight is 354 g/mol. The van der Waals surface area contributed by atoms with Crippen LogP contribution in [-0.2, 0) is 0 Å². The Morgan fingerprint density at radius 3 is 2.95 bits per heavy atom. The predicted molar refractivity (Wildman–Crippen MR) is 89.3 cm³/mol. The van der Waals surface area contributed by atoms with E-state index in [1.807, 2.05) is 43.0 Å². The Labute approximate surface area is 135 Å². The Morgan fingerprint density at radius 2 is 2.24 bits per heavy atom. The number of nitrogens with zero attached hydrogens (tertiary/aromatic N) is 1. The van der Waals surface area contributed by atoms with Gasteiger partial charge in [0, 0.05) is 23.5 Å². The average Bonchev–Trinajstić information content (AvgIpc) is 2.47. The molecule has 0 saturated carbocycles.